The van der Waals surface area contributed by atoms with Crippen molar-refractivity contribution in [2.45, 2.75) is 13.0 Å². The Balaban J connectivity index is 2.02. The van der Waals surface area contributed by atoms with E-state index in [1.165, 1.54) is 0 Å². The Kier molecular flexibility index (Phi) is 4.50. The summed E-state index contributed by atoms with van der Waals surface area (Å²) in [7, 11) is 0. The van der Waals surface area contributed by atoms with Crippen LogP contribution in [-0.2, 0) is 4.79 Å². The number of benzene rings is 2. The molecular formula is C16H15NO3. The monoisotopic (exact) mass is 269 g/mol. The van der Waals surface area contributed by atoms with E-state index in [0.717, 1.165) is 0 Å². The van der Waals surface area contributed by atoms with E-state index in [2.05, 4.69) is 5.32 Å². The lowest BCUT2D eigenvalue weighted by Crippen LogP contribution is -2.30. The lowest BCUT2D eigenvalue weighted by Gasteiger charge is -2.15. The molecule has 0 heterocycles. The van der Waals surface area contributed by atoms with Gasteiger partial charge in [0.2, 0.25) is 0 Å². The third-order valence-electron chi connectivity index (χ3n) is 2.76. The molecule has 0 spiro atoms. The molecule has 0 saturated carbocycles. The molecule has 0 unspecified atom stereocenters. The molecule has 0 aliphatic carbocycles. The molecule has 0 aliphatic rings. The summed E-state index contributed by atoms with van der Waals surface area (Å²) >= 11 is 0. The molecule has 0 bridgehead atoms. The standard InChI is InChI=1S/C16H15NO3/c1-12(16(19)17-14-8-3-2-4-9-14)20-15-10-6-5-7-13(15)11-18/h2-12H,1H3,(H,17,19)/t12-/m1/s1. The molecule has 2 rings (SSSR count). The maximum absolute atomic E-state index is 12.0. The predicted molar refractivity (Wildman–Crippen MR) is 77.0 cm³/mol. The van der Waals surface area contributed by atoms with Crippen molar-refractivity contribution >= 4 is 17.9 Å². The summed E-state index contributed by atoms with van der Waals surface area (Å²) in [6, 6.07) is 15.9. The predicted octanol–water partition coefficient (Wildman–Crippen LogP) is 2.91. The van der Waals surface area contributed by atoms with E-state index < -0.39 is 6.10 Å². The SMILES string of the molecule is C[C@@H](Oc1ccccc1C=O)C(=O)Nc1ccccc1. The first kappa shape index (κ1) is 13.8. The summed E-state index contributed by atoms with van der Waals surface area (Å²) in [6.45, 7) is 1.64. The van der Waals surface area contributed by atoms with Crippen LogP contribution < -0.4 is 10.1 Å². The van der Waals surface area contributed by atoms with Crippen LogP contribution in [0.1, 0.15) is 17.3 Å². The lowest BCUT2D eigenvalue weighted by molar-refractivity contribution is -0.122. The molecule has 0 fully saturated rings. The highest BCUT2D eigenvalue weighted by Crippen LogP contribution is 2.17. The molecule has 102 valence electrons. The summed E-state index contributed by atoms with van der Waals surface area (Å²) in [5, 5.41) is 2.75. The number of amides is 1. The number of ether oxygens (including phenoxy) is 1. The molecule has 20 heavy (non-hydrogen) atoms. The largest absolute Gasteiger partial charge is 0.480 e. The maximum atomic E-state index is 12.0. The first-order valence-corrected chi connectivity index (χ1v) is 6.27. The molecular weight excluding hydrogens is 254 g/mol. The molecule has 0 radical (unpaired) electrons. The van der Waals surface area contributed by atoms with Gasteiger partial charge in [0.15, 0.2) is 12.4 Å². The van der Waals surface area contributed by atoms with Crippen molar-refractivity contribution in [1.82, 2.24) is 0 Å². The highest BCUT2D eigenvalue weighted by atomic mass is 16.5. The van der Waals surface area contributed by atoms with E-state index in [-0.39, 0.29) is 5.91 Å². The second-order valence-corrected chi connectivity index (χ2v) is 4.27. The van der Waals surface area contributed by atoms with E-state index in [9.17, 15) is 9.59 Å². The number of aldehydes is 1. The van der Waals surface area contributed by atoms with Crippen LogP contribution in [0.4, 0.5) is 5.69 Å². The molecule has 2 aromatic carbocycles. The van der Waals surface area contributed by atoms with Crippen molar-refractivity contribution in [2.24, 2.45) is 0 Å². The summed E-state index contributed by atoms with van der Waals surface area (Å²) < 4.78 is 5.53. The number of carbonyl (C=O) groups is 2. The zero-order valence-electron chi connectivity index (χ0n) is 11.1. The van der Waals surface area contributed by atoms with Gasteiger partial charge in [0.25, 0.3) is 5.91 Å². The second kappa shape index (κ2) is 6.52. The minimum Gasteiger partial charge on any atom is -0.480 e. The molecule has 1 atom stereocenters. The van der Waals surface area contributed by atoms with Gasteiger partial charge >= 0.3 is 0 Å². The van der Waals surface area contributed by atoms with Crippen LogP contribution in [0.25, 0.3) is 0 Å². The Morgan fingerprint density at radius 2 is 1.75 bits per heavy atom. The zero-order valence-corrected chi connectivity index (χ0v) is 11.1. The Morgan fingerprint density at radius 3 is 2.45 bits per heavy atom. The summed E-state index contributed by atoms with van der Waals surface area (Å²) in [5.41, 5.74) is 1.13. The van der Waals surface area contributed by atoms with Crippen molar-refractivity contribution in [1.29, 1.82) is 0 Å². The molecule has 1 amide bonds. The van der Waals surface area contributed by atoms with Crippen molar-refractivity contribution in [3.63, 3.8) is 0 Å². The molecule has 2 aromatic rings. The third kappa shape index (κ3) is 3.45. The summed E-state index contributed by atoms with van der Waals surface area (Å²) in [5.74, 6) is 0.134. The van der Waals surface area contributed by atoms with Gasteiger partial charge in [-0.05, 0) is 31.2 Å². The molecule has 4 nitrogen and oxygen atoms in total. The molecule has 4 heteroatoms. The van der Waals surface area contributed by atoms with Crippen LogP contribution in [0.15, 0.2) is 54.6 Å². The van der Waals surface area contributed by atoms with Gasteiger partial charge < -0.3 is 10.1 Å². The second-order valence-electron chi connectivity index (χ2n) is 4.27. The number of rotatable bonds is 5. The fraction of sp³-hybridized carbons (Fsp3) is 0.125. The highest BCUT2D eigenvalue weighted by molar-refractivity contribution is 5.94. The van der Waals surface area contributed by atoms with E-state index >= 15 is 0 Å². The van der Waals surface area contributed by atoms with E-state index in [1.807, 2.05) is 18.2 Å². The highest BCUT2D eigenvalue weighted by Gasteiger charge is 2.16. The third-order valence-corrected chi connectivity index (χ3v) is 2.76. The van der Waals surface area contributed by atoms with Crippen LogP contribution >= 0.6 is 0 Å². The molecule has 0 aromatic heterocycles. The fourth-order valence-corrected chi connectivity index (χ4v) is 1.69. The normalized spacial score (nSPS) is 11.4. The quantitative estimate of drug-likeness (QED) is 0.849. The van der Waals surface area contributed by atoms with Crippen LogP contribution in [0, 0.1) is 0 Å². The van der Waals surface area contributed by atoms with Crippen LogP contribution in [-0.4, -0.2) is 18.3 Å². The molecule has 0 saturated heterocycles. The van der Waals surface area contributed by atoms with Crippen LogP contribution in [0.2, 0.25) is 0 Å². The number of hydrogen-bond donors (Lipinski definition) is 1. The number of hydrogen-bond acceptors (Lipinski definition) is 3. The average Bonchev–Trinajstić information content (AvgIpc) is 2.48. The topological polar surface area (TPSA) is 55.4 Å². The maximum Gasteiger partial charge on any atom is 0.265 e. The van der Waals surface area contributed by atoms with Crippen LogP contribution in [0.5, 0.6) is 5.75 Å². The van der Waals surface area contributed by atoms with E-state index in [4.69, 9.17) is 4.74 Å². The van der Waals surface area contributed by atoms with Gasteiger partial charge in [-0.15, -0.1) is 0 Å². The zero-order chi connectivity index (χ0) is 14.4. The van der Waals surface area contributed by atoms with Crippen molar-refractivity contribution in [3.8, 4) is 5.75 Å². The first-order valence-electron chi connectivity index (χ1n) is 6.27. The van der Waals surface area contributed by atoms with Crippen molar-refractivity contribution in [3.05, 3.63) is 60.2 Å². The van der Waals surface area contributed by atoms with Crippen molar-refractivity contribution in [2.75, 3.05) is 5.32 Å². The van der Waals surface area contributed by atoms with Gasteiger partial charge in [-0.1, -0.05) is 30.3 Å². The lowest BCUT2D eigenvalue weighted by atomic mass is 10.2. The smallest absolute Gasteiger partial charge is 0.265 e. The van der Waals surface area contributed by atoms with Gasteiger partial charge in [-0.3, -0.25) is 9.59 Å². The van der Waals surface area contributed by atoms with E-state index in [0.29, 0.717) is 23.3 Å². The van der Waals surface area contributed by atoms with Crippen molar-refractivity contribution < 1.29 is 14.3 Å². The van der Waals surface area contributed by atoms with E-state index in [1.54, 1.807) is 43.3 Å². The summed E-state index contributed by atoms with van der Waals surface area (Å²) in [4.78, 5) is 22.9. The minimum atomic E-state index is -0.698. The fourth-order valence-electron chi connectivity index (χ4n) is 1.69. The Hall–Kier alpha value is -2.62. The van der Waals surface area contributed by atoms with Gasteiger partial charge in [0, 0.05) is 5.69 Å². The van der Waals surface area contributed by atoms with Gasteiger partial charge in [0.05, 0.1) is 5.56 Å². The van der Waals surface area contributed by atoms with Gasteiger partial charge in [-0.25, -0.2) is 0 Å². The van der Waals surface area contributed by atoms with Crippen LogP contribution in [0.3, 0.4) is 0 Å². The molecule has 1 N–H and O–H groups in total. The summed E-state index contributed by atoms with van der Waals surface area (Å²) in [6.07, 6.45) is 0.00765. The first-order chi connectivity index (χ1) is 9.70. The number of para-hydroxylation sites is 2. The number of nitrogens with one attached hydrogen (secondary N) is 1. The molecule has 0 aliphatic heterocycles. The Morgan fingerprint density at radius 1 is 1.10 bits per heavy atom. The number of anilines is 1. The number of carbonyl (C=O) groups excluding carboxylic acids is 2. The average molecular weight is 269 g/mol. The van der Waals surface area contributed by atoms with Gasteiger partial charge in [-0.2, -0.15) is 0 Å². The Labute approximate surface area is 117 Å². The Bertz CT molecular complexity index is 596. The minimum absolute atomic E-state index is 0.267. The van der Waals surface area contributed by atoms with Gasteiger partial charge in [0.1, 0.15) is 5.75 Å².